The van der Waals surface area contributed by atoms with E-state index < -0.39 is 22.9 Å². The van der Waals surface area contributed by atoms with Crippen LogP contribution in [-0.4, -0.2) is 33.0 Å². The maximum atomic E-state index is 13.0. The highest BCUT2D eigenvalue weighted by Crippen LogP contribution is 2.20. The molecule has 0 amide bonds. The fraction of sp³-hybridized carbons (Fsp3) is 0.389. The van der Waals surface area contributed by atoms with E-state index in [-0.39, 0.29) is 24.2 Å². The van der Waals surface area contributed by atoms with Crippen molar-refractivity contribution in [2.24, 2.45) is 10.7 Å². The average molecular weight is 360 g/mol. The summed E-state index contributed by atoms with van der Waals surface area (Å²) in [7, 11) is 0. The second-order valence-electron chi connectivity index (χ2n) is 6.50. The number of halogens is 1. The molecule has 3 rings (SSSR count). The van der Waals surface area contributed by atoms with Crippen molar-refractivity contribution in [1.82, 2.24) is 9.55 Å². The first-order valence-corrected chi connectivity index (χ1v) is 8.55. The molecule has 0 unspecified atom stereocenters. The van der Waals surface area contributed by atoms with Gasteiger partial charge in [0, 0.05) is 12.3 Å². The van der Waals surface area contributed by atoms with Crippen molar-refractivity contribution < 1.29 is 9.50 Å². The second kappa shape index (κ2) is 7.65. The fourth-order valence-corrected chi connectivity index (χ4v) is 3.11. The zero-order valence-electron chi connectivity index (χ0n) is 14.2. The third kappa shape index (κ3) is 3.91. The lowest BCUT2D eigenvalue weighted by Crippen LogP contribution is -2.36. The molecule has 0 spiro atoms. The number of aromatic amines is 1. The van der Waals surface area contributed by atoms with E-state index in [1.165, 1.54) is 30.5 Å². The Hall–Kier alpha value is -2.74. The molecule has 2 atom stereocenters. The number of aliphatic imine (C=N–C) groups is 1. The standard InChI is InChI=1S/C18H21FN4O3/c19-12-7-5-11(6-8-12)10-23-17(25)13(16(24)22-18(23)26)9-21-15-4-2-1-3-14(15)20/h5-9,14-15,25H,1-4,10,20H2,(H,22,24,26)/t14-,15-/m0/s1. The maximum absolute atomic E-state index is 13.0. The zero-order chi connectivity index (χ0) is 18.7. The number of aromatic hydroxyl groups is 1. The van der Waals surface area contributed by atoms with Crippen molar-refractivity contribution >= 4 is 6.21 Å². The van der Waals surface area contributed by atoms with Crippen LogP contribution < -0.4 is 17.0 Å². The van der Waals surface area contributed by atoms with Crippen LogP contribution in [0, 0.1) is 5.82 Å². The fourth-order valence-electron chi connectivity index (χ4n) is 3.11. The summed E-state index contributed by atoms with van der Waals surface area (Å²) >= 11 is 0. The van der Waals surface area contributed by atoms with Crippen LogP contribution >= 0.6 is 0 Å². The Morgan fingerprint density at radius 2 is 1.96 bits per heavy atom. The molecule has 8 heteroatoms. The summed E-state index contributed by atoms with van der Waals surface area (Å²) in [6, 6.07) is 5.33. The van der Waals surface area contributed by atoms with Crippen LogP contribution in [0.2, 0.25) is 0 Å². The SMILES string of the molecule is N[C@H]1CCCC[C@@H]1N=Cc1c(O)n(Cc2ccc(F)cc2)c(=O)[nH]c1=O. The Morgan fingerprint density at radius 3 is 2.65 bits per heavy atom. The zero-order valence-corrected chi connectivity index (χ0v) is 14.2. The van der Waals surface area contributed by atoms with Crippen molar-refractivity contribution in [3.05, 3.63) is 62.0 Å². The van der Waals surface area contributed by atoms with E-state index in [4.69, 9.17) is 5.73 Å². The van der Waals surface area contributed by atoms with Crippen LogP contribution in [0.5, 0.6) is 5.88 Å². The molecule has 1 saturated carbocycles. The number of nitrogens with two attached hydrogens (primary N) is 1. The number of rotatable bonds is 4. The van der Waals surface area contributed by atoms with E-state index in [2.05, 4.69) is 9.98 Å². The Morgan fingerprint density at radius 1 is 1.27 bits per heavy atom. The molecule has 0 bridgehead atoms. The predicted molar refractivity (Wildman–Crippen MR) is 96.3 cm³/mol. The lowest BCUT2D eigenvalue weighted by molar-refractivity contribution is 0.386. The molecule has 0 saturated heterocycles. The molecule has 0 radical (unpaired) electrons. The van der Waals surface area contributed by atoms with Gasteiger partial charge < -0.3 is 10.8 Å². The number of nitrogens with zero attached hydrogens (tertiary/aromatic N) is 2. The summed E-state index contributed by atoms with van der Waals surface area (Å²) in [5.41, 5.74) is 5.09. The van der Waals surface area contributed by atoms with Gasteiger partial charge >= 0.3 is 5.69 Å². The lowest BCUT2D eigenvalue weighted by Gasteiger charge is -2.24. The highest BCUT2D eigenvalue weighted by molar-refractivity contribution is 5.82. The maximum Gasteiger partial charge on any atom is 0.331 e. The van der Waals surface area contributed by atoms with E-state index in [1.54, 1.807) is 0 Å². The van der Waals surface area contributed by atoms with E-state index in [9.17, 15) is 19.1 Å². The third-order valence-electron chi connectivity index (χ3n) is 4.64. The summed E-state index contributed by atoms with van der Waals surface area (Å²) in [4.78, 5) is 30.6. The van der Waals surface area contributed by atoms with Crippen LogP contribution in [0.1, 0.15) is 36.8 Å². The first-order valence-electron chi connectivity index (χ1n) is 8.55. The Balaban J connectivity index is 1.92. The van der Waals surface area contributed by atoms with Crippen LogP contribution in [0.4, 0.5) is 4.39 Å². The van der Waals surface area contributed by atoms with E-state index in [1.807, 2.05) is 0 Å². The molecule has 1 aliphatic rings. The van der Waals surface area contributed by atoms with Crippen LogP contribution in [0.3, 0.4) is 0 Å². The van der Waals surface area contributed by atoms with Crippen molar-refractivity contribution in [2.75, 3.05) is 0 Å². The van der Waals surface area contributed by atoms with Crippen molar-refractivity contribution in [3.63, 3.8) is 0 Å². The smallest absolute Gasteiger partial charge is 0.331 e. The van der Waals surface area contributed by atoms with Gasteiger partial charge in [0.05, 0.1) is 12.6 Å². The summed E-state index contributed by atoms with van der Waals surface area (Å²) < 4.78 is 14.0. The Kier molecular flexibility index (Phi) is 5.32. The quantitative estimate of drug-likeness (QED) is 0.709. The highest BCUT2D eigenvalue weighted by atomic mass is 19.1. The molecule has 2 aromatic rings. The van der Waals surface area contributed by atoms with Gasteiger partial charge in [0.1, 0.15) is 11.4 Å². The molecular formula is C18H21FN4O3. The summed E-state index contributed by atoms with van der Waals surface area (Å²) in [6.07, 6.45) is 5.05. The molecule has 1 aliphatic carbocycles. The molecule has 1 aromatic heterocycles. The number of hydrogen-bond acceptors (Lipinski definition) is 5. The monoisotopic (exact) mass is 360 g/mol. The molecule has 4 N–H and O–H groups in total. The molecule has 0 aliphatic heterocycles. The first kappa shape index (κ1) is 18.1. The second-order valence-corrected chi connectivity index (χ2v) is 6.50. The van der Waals surface area contributed by atoms with Crippen LogP contribution in [0.15, 0.2) is 38.8 Å². The van der Waals surface area contributed by atoms with Gasteiger partial charge in [-0.25, -0.2) is 9.18 Å². The average Bonchev–Trinajstić information content (AvgIpc) is 2.61. The van der Waals surface area contributed by atoms with Crippen molar-refractivity contribution in [3.8, 4) is 5.88 Å². The summed E-state index contributed by atoms with van der Waals surface area (Å²) in [6.45, 7) is -0.00842. The lowest BCUT2D eigenvalue weighted by atomic mass is 9.91. The van der Waals surface area contributed by atoms with Gasteiger partial charge in [0.15, 0.2) is 0 Å². The molecular weight excluding hydrogens is 339 g/mol. The number of hydrogen-bond donors (Lipinski definition) is 3. The molecule has 1 fully saturated rings. The minimum Gasteiger partial charge on any atom is -0.494 e. The summed E-state index contributed by atoms with van der Waals surface area (Å²) in [5.74, 6) is -0.875. The van der Waals surface area contributed by atoms with Crippen molar-refractivity contribution in [2.45, 2.75) is 44.3 Å². The minimum absolute atomic E-state index is 0.00842. The van der Waals surface area contributed by atoms with Gasteiger partial charge in [0.25, 0.3) is 5.56 Å². The van der Waals surface area contributed by atoms with Gasteiger partial charge in [-0.3, -0.25) is 19.3 Å². The minimum atomic E-state index is -0.747. The van der Waals surface area contributed by atoms with Crippen LogP contribution in [0.25, 0.3) is 0 Å². The van der Waals surface area contributed by atoms with Gasteiger partial charge in [-0.1, -0.05) is 25.0 Å². The molecule has 26 heavy (non-hydrogen) atoms. The Labute approximate surface area is 149 Å². The molecule has 1 aromatic carbocycles. The normalized spacial score (nSPS) is 20.5. The summed E-state index contributed by atoms with van der Waals surface area (Å²) in [5, 5.41) is 10.4. The highest BCUT2D eigenvalue weighted by Gasteiger charge is 2.21. The van der Waals surface area contributed by atoms with E-state index in [0.717, 1.165) is 30.3 Å². The van der Waals surface area contributed by atoms with Gasteiger partial charge in [-0.05, 0) is 30.5 Å². The van der Waals surface area contributed by atoms with Crippen molar-refractivity contribution in [1.29, 1.82) is 0 Å². The third-order valence-corrected chi connectivity index (χ3v) is 4.64. The van der Waals surface area contributed by atoms with E-state index in [0.29, 0.717) is 5.56 Å². The first-order chi connectivity index (χ1) is 12.5. The predicted octanol–water partition coefficient (Wildman–Crippen LogP) is 1.12. The molecule has 1 heterocycles. The number of H-pyrrole nitrogens is 1. The number of benzene rings is 1. The van der Waals surface area contributed by atoms with E-state index >= 15 is 0 Å². The van der Waals surface area contributed by atoms with Gasteiger partial charge in [-0.15, -0.1) is 0 Å². The number of nitrogens with one attached hydrogen (secondary N) is 1. The van der Waals surface area contributed by atoms with Crippen LogP contribution in [-0.2, 0) is 6.54 Å². The largest absolute Gasteiger partial charge is 0.494 e. The topological polar surface area (TPSA) is 113 Å². The molecule has 138 valence electrons. The van der Waals surface area contributed by atoms with Gasteiger partial charge in [0.2, 0.25) is 5.88 Å². The number of aromatic nitrogens is 2. The molecule has 7 nitrogen and oxygen atoms in total. The Bertz CT molecular complexity index is 918. The van der Waals surface area contributed by atoms with Gasteiger partial charge in [-0.2, -0.15) is 0 Å².